The van der Waals surface area contributed by atoms with E-state index in [1.807, 2.05) is 10.6 Å². The lowest BCUT2D eigenvalue weighted by atomic mass is 10.0. The molecule has 0 aromatic carbocycles. The van der Waals surface area contributed by atoms with E-state index in [2.05, 4.69) is 0 Å². The molecule has 0 saturated heterocycles. The highest BCUT2D eigenvalue weighted by molar-refractivity contribution is 5.80. The van der Waals surface area contributed by atoms with Crippen molar-refractivity contribution in [1.82, 2.24) is 10.6 Å². The van der Waals surface area contributed by atoms with E-state index < -0.39 is 84.3 Å². The third kappa shape index (κ3) is 5.73. The second-order valence-corrected chi connectivity index (χ2v) is 6.56. The number of hydrogen-bond acceptors (Lipinski definition) is 14. The zero-order valence-electron chi connectivity index (χ0n) is 16.7. The molecule has 0 aromatic heterocycles. The second-order valence-electron chi connectivity index (χ2n) is 6.56. The molecule has 0 aliphatic rings. The number of nitrogens with one attached hydrogen (secondary N) is 2. The Morgan fingerprint density at radius 1 is 0.606 bits per heavy atom. The second kappa shape index (κ2) is 10.6. The van der Waals surface area contributed by atoms with Gasteiger partial charge in [-0.1, -0.05) is 13.8 Å². The molecular weight excluding hydrogens is 468 g/mol. The molecule has 22 nitrogen and oxygen atoms in total. The number of nitro groups is 6. The van der Waals surface area contributed by atoms with Gasteiger partial charge >= 0.3 is 11.6 Å². The van der Waals surface area contributed by atoms with Crippen LogP contribution in [0.5, 0.6) is 0 Å². The number of carbonyl (C=O) groups excluding carboxylic acids is 2. The van der Waals surface area contributed by atoms with Crippen LogP contribution in [0, 0.1) is 72.5 Å². The first-order valence-electron chi connectivity index (χ1n) is 8.40. The van der Waals surface area contributed by atoms with Crippen LogP contribution in [0.1, 0.15) is 26.7 Å². The Morgan fingerprint density at radius 2 is 0.818 bits per heavy atom. The maximum absolute atomic E-state index is 11.9. The fourth-order valence-electron chi connectivity index (χ4n) is 2.42. The van der Waals surface area contributed by atoms with E-state index in [1.165, 1.54) is 0 Å². The SMILES string of the molecule is C[C@@H](CC([N+](=O)[O-])([N+](=O)[O-])[N+](=O)[O-])C(=O)NCNC(=O)[C@@H](C)CC([N+](=O)[O-])([N+](=O)[O-])[N+](=O)[O-]. The lowest BCUT2D eigenvalue weighted by Gasteiger charge is -2.16. The summed E-state index contributed by atoms with van der Waals surface area (Å²) in [4.78, 5) is 78.5. The molecule has 0 fully saturated rings. The van der Waals surface area contributed by atoms with Crippen molar-refractivity contribution >= 4 is 11.8 Å². The van der Waals surface area contributed by atoms with Crippen molar-refractivity contribution < 1.29 is 39.1 Å². The molecule has 0 rings (SSSR count). The predicted octanol–water partition coefficient (Wildman–Crippen LogP) is -1.80. The van der Waals surface area contributed by atoms with Gasteiger partial charge in [0, 0.05) is 0 Å². The number of amides is 2. The van der Waals surface area contributed by atoms with Gasteiger partial charge in [-0.25, -0.2) is 0 Å². The zero-order valence-corrected chi connectivity index (χ0v) is 16.7. The van der Waals surface area contributed by atoms with Gasteiger partial charge in [-0.15, -0.1) is 0 Å². The summed E-state index contributed by atoms with van der Waals surface area (Å²) in [6, 6.07) is 0. The van der Waals surface area contributed by atoms with E-state index in [0.29, 0.717) is 0 Å². The summed E-state index contributed by atoms with van der Waals surface area (Å²) in [5.41, 5.74) is 0. The van der Waals surface area contributed by atoms with Gasteiger partial charge in [0.05, 0.1) is 18.5 Å². The molecule has 0 aliphatic carbocycles. The van der Waals surface area contributed by atoms with Crippen LogP contribution < -0.4 is 10.6 Å². The van der Waals surface area contributed by atoms with Gasteiger partial charge in [0.2, 0.25) is 11.8 Å². The lowest BCUT2D eigenvalue weighted by Crippen LogP contribution is -2.56. The fourth-order valence-corrected chi connectivity index (χ4v) is 2.42. The van der Waals surface area contributed by atoms with Gasteiger partial charge in [0.25, 0.3) is 0 Å². The average Bonchev–Trinajstić information content (AvgIpc) is 2.67. The van der Waals surface area contributed by atoms with Crippen LogP contribution in [0.3, 0.4) is 0 Å². The van der Waals surface area contributed by atoms with Gasteiger partial charge in [-0.2, -0.15) is 0 Å². The Morgan fingerprint density at radius 3 is 1.00 bits per heavy atom. The normalized spacial score (nSPS) is 13.2. The molecule has 0 spiro atoms. The van der Waals surface area contributed by atoms with E-state index in [9.17, 15) is 70.3 Å². The smallest absolute Gasteiger partial charge is 0.338 e. The average molecular weight is 484 g/mol. The highest BCUT2D eigenvalue weighted by atomic mass is 16.7. The molecule has 0 heterocycles. The van der Waals surface area contributed by atoms with Crippen LogP contribution >= 0.6 is 0 Å². The van der Waals surface area contributed by atoms with Crippen molar-refractivity contribution in [2.75, 3.05) is 6.67 Å². The van der Waals surface area contributed by atoms with Crippen LogP contribution in [0.2, 0.25) is 0 Å². The maximum Gasteiger partial charge on any atom is 0.700 e. The van der Waals surface area contributed by atoms with Gasteiger partial charge in [-0.05, 0) is 0 Å². The van der Waals surface area contributed by atoms with Crippen molar-refractivity contribution in [2.24, 2.45) is 11.8 Å². The minimum Gasteiger partial charge on any atom is -0.338 e. The molecule has 0 radical (unpaired) electrons. The van der Waals surface area contributed by atoms with Crippen molar-refractivity contribution in [3.8, 4) is 0 Å². The predicted molar refractivity (Wildman–Crippen MR) is 96.1 cm³/mol. The highest BCUT2D eigenvalue weighted by Crippen LogP contribution is 2.24. The molecule has 0 unspecified atom stereocenters. The number of carbonyl (C=O) groups is 2. The molecule has 184 valence electrons. The summed E-state index contributed by atoms with van der Waals surface area (Å²) in [6.45, 7) is 0.937. The minimum absolute atomic E-state index is 0.822. The lowest BCUT2D eigenvalue weighted by molar-refractivity contribution is -0.971. The van der Waals surface area contributed by atoms with E-state index in [1.54, 1.807) is 0 Å². The summed E-state index contributed by atoms with van der Waals surface area (Å²) in [5, 5.41) is 69.1. The van der Waals surface area contributed by atoms with Crippen LogP contribution in [0.4, 0.5) is 0 Å². The molecule has 33 heavy (non-hydrogen) atoms. The van der Waals surface area contributed by atoms with Crippen molar-refractivity contribution in [3.05, 3.63) is 60.7 Å². The molecule has 0 saturated carbocycles. The molecule has 2 amide bonds. The highest BCUT2D eigenvalue weighted by Gasteiger charge is 2.72. The molecule has 0 aliphatic heterocycles. The van der Waals surface area contributed by atoms with E-state index in [0.717, 1.165) is 13.8 Å². The third-order valence-electron chi connectivity index (χ3n) is 4.33. The van der Waals surface area contributed by atoms with E-state index >= 15 is 0 Å². The van der Waals surface area contributed by atoms with Gasteiger partial charge in [-0.3, -0.25) is 70.3 Å². The fraction of sp³-hybridized carbons (Fsp3) is 0.818. The first kappa shape index (κ1) is 28.3. The van der Waals surface area contributed by atoms with Gasteiger partial charge < -0.3 is 10.6 Å². The molecule has 0 aromatic rings. The minimum atomic E-state index is -3.91. The van der Waals surface area contributed by atoms with Crippen molar-refractivity contribution in [3.63, 3.8) is 0 Å². The molecule has 22 heteroatoms. The van der Waals surface area contributed by atoms with Crippen molar-refractivity contribution in [1.29, 1.82) is 0 Å². The van der Waals surface area contributed by atoms with Crippen LogP contribution in [0.25, 0.3) is 0 Å². The number of hydrogen-bond donors (Lipinski definition) is 2. The Labute approximate surface area is 180 Å². The van der Waals surface area contributed by atoms with Crippen LogP contribution in [0.15, 0.2) is 0 Å². The first-order chi connectivity index (χ1) is 15.0. The molecular formula is C11H16N8O14. The Kier molecular flexibility index (Phi) is 9.09. The molecule has 2 atom stereocenters. The van der Waals surface area contributed by atoms with Crippen LogP contribution in [-0.2, 0) is 9.59 Å². The Balaban J connectivity index is 5.16. The van der Waals surface area contributed by atoms with Gasteiger partial charge in [0.1, 0.15) is 0 Å². The Bertz CT molecular complexity index is 746. The van der Waals surface area contributed by atoms with Crippen LogP contribution in [-0.4, -0.2) is 59.6 Å². The van der Waals surface area contributed by atoms with E-state index in [4.69, 9.17) is 0 Å². The standard InChI is InChI=1S/C11H16N8O14/c1-6(3-10(14(22)23,15(24)25)16(26)27)8(20)12-5-13-9(21)7(2)4-11(17(28)29,18(30)31)19(32)33/h6-7H,3-5H2,1-2H3,(H,12,20)(H,13,21)/t6-,7-/m0/s1. The Hall–Kier alpha value is -4.66. The maximum atomic E-state index is 11.9. The quantitative estimate of drug-likeness (QED) is 0.156. The van der Waals surface area contributed by atoms with Gasteiger partial charge in [0.15, 0.2) is 42.4 Å². The topological polar surface area (TPSA) is 317 Å². The number of rotatable bonds is 14. The summed E-state index contributed by atoms with van der Waals surface area (Å²) in [7, 11) is 0. The molecule has 2 N–H and O–H groups in total. The monoisotopic (exact) mass is 484 g/mol. The first-order valence-corrected chi connectivity index (χ1v) is 8.40. The third-order valence-corrected chi connectivity index (χ3v) is 4.33. The summed E-state index contributed by atoms with van der Waals surface area (Å²) in [5.74, 6) is -13.6. The van der Waals surface area contributed by atoms with Crippen molar-refractivity contribution in [2.45, 2.75) is 38.3 Å². The summed E-state index contributed by atoms with van der Waals surface area (Å²) < 4.78 is 0. The summed E-state index contributed by atoms with van der Waals surface area (Å²) in [6.07, 6.45) is -2.93. The largest absolute Gasteiger partial charge is 0.700 e. The summed E-state index contributed by atoms with van der Waals surface area (Å²) >= 11 is 0. The molecule has 0 bridgehead atoms. The zero-order chi connectivity index (χ0) is 26.3. The number of nitrogens with zero attached hydrogens (tertiary/aromatic N) is 6. The van der Waals surface area contributed by atoms with E-state index in [-0.39, 0.29) is 0 Å².